The molecule has 2 fully saturated rings. The molecule has 0 atom stereocenters. The van der Waals surface area contributed by atoms with Crippen LogP contribution in [0.15, 0.2) is 36.2 Å². The number of carbonyl (C=O) groups excluding carboxylic acids is 1. The number of nitrogens with zero attached hydrogens (tertiary/aromatic N) is 1. The van der Waals surface area contributed by atoms with Gasteiger partial charge in [0.05, 0.1) is 5.69 Å². The van der Waals surface area contributed by atoms with Gasteiger partial charge in [0.2, 0.25) is 0 Å². The first kappa shape index (κ1) is 20.1. The van der Waals surface area contributed by atoms with Gasteiger partial charge in [0, 0.05) is 44.0 Å². The lowest BCUT2D eigenvalue weighted by Crippen LogP contribution is -2.47. The summed E-state index contributed by atoms with van der Waals surface area (Å²) < 4.78 is 5.75. The Balaban J connectivity index is 1.36. The molecule has 1 aliphatic carbocycles. The number of thiazole rings is 1. The summed E-state index contributed by atoms with van der Waals surface area (Å²) in [6.45, 7) is 8.58. The number of hydrogen-bond acceptors (Lipinski definition) is 6. The van der Waals surface area contributed by atoms with Crippen molar-refractivity contribution in [2.24, 2.45) is 5.92 Å². The third kappa shape index (κ3) is 5.65. The van der Waals surface area contributed by atoms with Gasteiger partial charge < -0.3 is 20.7 Å². The Hall–Kier alpha value is -2.22. The second kappa shape index (κ2) is 9.52. The SMILES string of the molecule is C=CCOc1cc(CNCC2CNC2)cc(CNC(=O)c2nc(C3CC3)cs2)c1. The van der Waals surface area contributed by atoms with E-state index in [4.69, 9.17) is 4.74 Å². The Morgan fingerprint density at radius 3 is 2.76 bits per heavy atom. The van der Waals surface area contributed by atoms with Crippen LogP contribution in [0.5, 0.6) is 5.75 Å². The Bertz CT molecular complexity index is 858. The second-order valence-electron chi connectivity index (χ2n) is 7.77. The molecule has 0 bridgehead atoms. The molecule has 1 saturated carbocycles. The van der Waals surface area contributed by atoms with Gasteiger partial charge in [-0.05, 0) is 42.0 Å². The molecule has 6 nitrogen and oxygen atoms in total. The number of hydrogen-bond donors (Lipinski definition) is 3. The monoisotopic (exact) mass is 412 g/mol. The fraction of sp³-hybridized carbons (Fsp3) is 0.455. The highest BCUT2D eigenvalue weighted by atomic mass is 32.1. The number of ether oxygens (including phenoxy) is 1. The molecule has 2 aromatic rings. The number of aromatic nitrogens is 1. The van der Waals surface area contributed by atoms with Crippen molar-refractivity contribution >= 4 is 17.2 Å². The molecule has 1 aromatic heterocycles. The van der Waals surface area contributed by atoms with Gasteiger partial charge in [0.1, 0.15) is 12.4 Å². The zero-order chi connectivity index (χ0) is 20.1. The fourth-order valence-corrected chi connectivity index (χ4v) is 4.11. The summed E-state index contributed by atoms with van der Waals surface area (Å²) in [6, 6.07) is 6.13. The van der Waals surface area contributed by atoms with Gasteiger partial charge in [-0.1, -0.05) is 18.7 Å². The van der Waals surface area contributed by atoms with Gasteiger partial charge >= 0.3 is 0 Å². The summed E-state index contributed by atoms with van der Waals surface area (Å²) in [5, 5.41) is 12.4. The molecule has 0 radical (unpaired) electrons. The summed E-state index contributed by atoms with van der Waals surface area (Å²) in [4.78, 5) is 17.0. The molecule has 1 saturated heterocycles. The van der Waals surface area contributed by atoms with Crippen molar-refractivity contribution < 1.29 is 9.53 Å². The zero-order valence-electron chi connectivity index (χ0n) is 16.6. The topological polar surface area (TPSA) is 75.3 Å². The predicted octanol–water partition coefficient (Wildman–Crippen LogP) is 2.82. The molecule has 2 heterocycles. The van der Waals surface area contributed by atoms with E-state index in [1.165, 1.54) is 24.2 Å². The lowest BCUT2D eigenvalue weighted by Gasteiger charge is -2.27. The molecule has 7 heteroatoms. The van der Waals surface area contributed by atoms with E-state index in [0.717, 1.165) is 48.7 Å². The van der Waals surface area contributed by atoms with E-state index in [9.17, 15) is 4.79 Å². The van der Waals surface area contributed by atoms with Crippen molar-refractivity contribution in [2.45, 2.75) is 31.8 Å². The van der Waals surface area contributed by atoms with E-state index in [0.29, 0.717) is 30.0 Å². The lowest BCUT2D eigenvalue weighted by molar-refractivity contribution is 0.0950. The smallest absolute Gasteiger partial charge is 0.280 e. The highest BCUT2D eigenvalue weighted by Crippen LogP contribution is 2.40. The van der Waals surface area contributed by atoms with Crippen LogP contribution in [0.3, 0.4) is 0 Å². The van der Waals surface area contributed by atoms with Gasteiger partial charge in [0.25, 0.3) is 5.91 Å². The maximum absolute atomic E-state index is 12.5. The van der Waals surface area contributed by atoms with Gasteiger partial charge in [-0.2, -0.15) is 0 Å². The largest absolute Gasteiger partial charge is 0.490 e. The predicted molar refractivity (Wildman–Crippen MR) is 115 cm³/mol. The standard InChI is InChI=1S/C22H28N4O2S/c1-2-5-28-19-7-15(9-23-10-17-11-24-12-17)6-16(8-19)13-25-21(27)22-26-20(14-29-22)18-3-4-18/h2,6-8,14,17-18,23-24H,1,3-5,9-13H2,(H,25,27). The number of carbonyl (C=O) groups is 1. The molecule has 1 aliphatic heterocycles. The highest BCUT2D eigenvalue weighted by Gasteiger charge is 2.27. The first-order valence-corrected chi connectivity index (χ1v) is 11.1. The summed E-state index contributed by atoms with van der Waals surface area (Å²) in [7, 11) is 0. The number of benzene rings is 1. The van der Waals surface area contributed by atoms with Crippen LogP contribution in [-0.4, -0.2) is 37.1 Å². The highest BCUT2D eigenvalue weighted by molar-refractivity contribution is 7.11. The van der Waals surface area contributed by atoms with Crippen LogP contribution < -0.4 is 20.7 Å². The Kier molecular flexibility index (Phi) is 6.59. The maximum Gasteiger partial charge on any atom is 0.280 e. The summed E-state index contributed by atoms with van der Waals surface area (Å²) in [5.74, 6) is 1.96. The molecular formula is C22H28N4O2S. The molecule has 2 aliphatic rings. The number of amides is 1. The molecule has 4 rings (SSSR count). The molecule has 1 amide bonds. The minimum absolute atomic E-state index is 0.114. The Morgan fingerprint density at radius 1 is 1.28 bits per heavy atom. The molecule has 0 spiro atoms. The third-order valence-corrected chi connectivity index (χ3v) is 6.05. The summed E-state index contributed by atoms with van der Waals surface area (Å²) in [6.07, 6.45) is 4.11. The van der Waals surface area contributed by atoms with Crippen LogP contribution in [-0.2, 0) is 13.1 Å². The zero-order valence-corrected chi connectivity index (χ0v) is 17.4. The third-order valence-electron chi connectivity index (χ3n) is 5.19. The normalized spacial score (nSPS) is 16.3. The van der Waals surface area contributed by atoms with Gasteiger partial charge in [-0.15, -0.1) is 11.3 Å². The maximum atomic E-state index is 12.5. The fourth-order valence-electron chi connectivity index (χ4n) is 3.30. The van der Waals surface area contributed by atoms with E-state index < -0.39 is 0 Å². The van der Waals surface area contributed by atoms with Crippen LogP contribution in [0.1, 0.15) is 45.4 Å². The Morgan fingerprint density at radius 2 is 2.07 bits per heavy atom. The Labute approximate surface area is 175 Å². The van der Waals surface area contributed by atoms with Crippen LogP contribution >= 0.6 is 11.3 Å². The average molecular weight is 413 g/mol. The minimum Gasteiger partial charge on any atom is -0.490 e. The van der Waals surface area contributed by atoms with Crippen molar-refractivity contribution in [3.63, 3.8) is 0 Å². The summed E-state index contributed by atoms with van der Waals surface area (Å²) >= 11 is 1.43. The quantitative estimate of drug-likeness (QED) is 0.495. The first-order valence-electron chi connectivity index (χ1n) is 10.2. The molecule has 154 valence electrons. The van der Waals surface area contributed by atoms with Gasteiger partial charge in [0.15, 0.2) is 5.01 Å². The first-order chi connectivity index (χ1) is 14.2. The molecule has 3 N–H and O–H groups in total. The molecule has 0 unspecified atom stereocenters. The van der Waals surface area contributed by atoms with E-state index in [-0.39, 0.29) is 5.91 Å². The minimum atomic E-state index is -0.114. The van der Waals surface area contributed by atoms with Crippen molar-refractivity contribution in [1.82, 2.24) is 20.9 Å². The van der Waals surface area contributed by atoms with Crippen molar-refractivity contribution in [3.8, 4) is 5.75 Å². The van der Waals surface area contributed by atoms with Crippen LogP contribution in [0.2, 0.25) is 0 Å². The van der Waals surface area contributed by atoms with E-state index >= 15 is 0 Å². The van der Waals surface area contributed by atoms with Gasteiger partial charge in [-0.25, -0.2) is 4.98 Å². The molecule has 1 aromatic carbocycles. The van der Waals surface area contributed by atoms with Crippen molar-refractivity contribution in [1.29, 1.82) is 0 Å². The van der Waals surface area contributed by atoms with Crippen molar-refractivity contribution in [2.75, 3.05) is 26.2 Å². The van der Waals surface area contributed by atoms with E-state index in [1.807, 2.05) is 17.5 Å². The van der Waals surface area contributed by atoms with Crippen molar-refractivity contribution in [3.05, 3.63) is 58.1 Å². The summed E-state index contributed by atoms with van der Waals surface area (Å²) in [5.41, 5.74) is 3.23. The van der Waals surface area contributed by atoms with Gasteiger partial charge in [-0.3, -0.25) is 4.79 Å². The molecular weight excluding hydrogens is 384 g/mol. The number of nitrogens with one attached hydrogen (secondary N) is 3. The van der Waals surface area contributed by atoms with Crippen LogP contribution in [0, 0.1) is 5.92 Å². The van der Waals surface area contributed by atoms with Crippen LogP contribution in [0.4, 0.5) is 0 Å². The average Bonchev–Trinajstić information content (AvgIpc) is 3.43. The molecule has 29 heavy (non-hydrogen) atoms. The van der Waals surface area contributed by atoms with E-state index in [2.05, 4.69) is 33.6 Å². The van der Waals surface area contributed by atoms with Crippen LogP contribution in [0.25, 0.3) is 0 Å². The van der Waals surface area contributed by atoms with E-state index in [1.54, 1.807) is 6.08 Å². The second-order valence-corrected chi connectivity index (χ2v) is 8.63. The lowest BCUT2D eigenvalue weighted by atomic mass is 10.0. The number of rotatable bonds is 11.